The minimum Gasteiger partial charge on any atom is -0.393 e. The maximum absolute atomic E-state index is 12.1. The Kier molecular flexibility index (Phi) is 7.18. The van der Waals surface area contributed by atoms with Crippen molar-refractivity contribution >= 4 is 23.1 Å². The highest BCUT2D eigenvalue weighted by Crippen LogP contribution is 2.09. The summed E-state index contributed by atoms with van der Waals surface area (Å²) < 4.78 is 5.37. The molecule has 0 aliphatic heterocycles. The van der Waals surface area contributed by atoms with Gasteiger partial charge in [0.05, 0.1) is 23.6 Å². The van der Waals surface area contributed by atoms with E-state index in [9.17, 15) is 4.79 Å². The third-order valence-corrected chi connectivity index (χ3v) is 3.08. The number of carbonyl (C=O) groups is 1. The Morgan fingerprint density at radius 3 is 2.55 bits per heavy atom. The number of nitrogens with two attached hydrogens (primary N) is 1. The zero-order valence-electron chi connectivity index (χ0n) is 12.0. The van der Waals surface area contributed by atoms with Crippen LogP contribution in [0.1, 0.15) is 19.4 Å². The quantitative estimate of drug-likeness (QED) is 0.565. The monoisotopic (exact) mass is 294 g/mol. The molecule has 0 heterocycles. The zero-order chi connectivity index (χ0) is 15.0. The van der Waals surface area contributed by atoms with E-state index in [2.05, 4.69) is 5.32 Å². The Morgan fingerprint density at radius 1 is 1.35 bits per heavy atom. The lowest BCUT2D eigenvalue weighted by atomic mass is 9.98. The van der Waals surface area contributed by atoms with Crippen LogP contribution in [0.4, 0.5) is 0 Å². The molecular formula is C15H22N2O2S. The van der Waals surface area contributed by atoms with Crippen LogP contribution in [0.25, 0.3) is 0 Å². The standard InChI is InChI=1S/C15H22N2O2S/c1-11(2)19-9-8-17-15(18)13(14(16)20)10-12-6-4-3-5-7-12/h3-7,11,13H,8-10H2,1-2H3,(H2,16,20)(H,17,18). The Morgan fingerprint density at radius 2 is 2.00 bits per heavy atom. The first-order chi connectivity index (χ1) is 9.50. The van der Waals surface area contributed by atoms with Crippen LogP contribution >= 0.6 is 12.2 Å². The smallest absolute Gasteiger partial charge is 0.230 e. The van der Waals surface area contributed by atoms with Crippen molar-refractivity contribution in [2.75, 3.05) is 13.2 Å². The van der Waals surface area contributed by atoms with E-state index in [4.69, 9.17) is 22.7 Å². The van der Waals surface area contributed by atoms with Crippen LogP contribution in [-0.2, 0) is 16.0 Å². The van der Waals surface area contributed by atoms with Crippen molar-refractivity contribution in [1.29, 1.82) is 0 Å². The predicted octanol–water partition coefficient (Wildman–Crippen LogP) is 1.67. The van der Waals surface area contributed by atoms with Crippen molar-refractivity contribution in [1.82, 2.24) is 5.32 Å². The first kappa shape index (κ1) is 16.6. The number of benzene rings is 1. The highest BCUT2D eigenvalue weighted by atomic mass is 32.1. The number of amides is 1. The summed E-state index contributed by atoms with van der Waals surface area (Å²) in [5.74, 6) is -0.625. The molecule has 1 amide bonds. The molecule has 0 bridgehead atoms. The number of hydrogen-bond donors (Lipinski definition) is 2. The summed E-state index contributed by atoms with van der Waals surface area (Å²) in [4.78, 5) is 12.3. The Labute approximate surface area is 125 Å². The molecule has 20 heavy (non-hydrogen) atoms. The van der Waals surface area contributed by atoms with Gasteiger partial charge in [0.15, 0.2) is 0 Å². The fourth-order valence-corrected chi connectivity index (χ4v) is 1.95. The molecule has 0 fully saturated rings. The molecule has 0 saturated heterocycles. The highest BCUT2D eigenvalue weighted by Gasteiger charge is 2.21. The second-order valence-electron chi connectivity index (χ2n) is 4.86. The normalized spacial score (nSPS) is 12.2. The van der Waals surface area contributed by atoms with Gasteiger partial charge in [-0.15, -0.1) is 0 Å². The minimum absolute atomic E-state index is 0.145. The first-order valence-corrected chi connectivity index (χ1v) is 7.14. The van der Waals surface area contributed by atoms with Crippen molar-refractivity contribution in [2.24, 2.45) is 11.7 Å². The van der Waals surface area contributed by atoms with Crippen LogP contribution in [0.5, 0.6) is 0 Å². The van der Waals surface area contributed by atoms with Crippen molar-refractivity contribution in [3.05, 3.63) is 35.9 Å². The molecule has 0 spiro atoms. The lowest BCUT2D eigenvalue weighted by Crippen LogP contribution is -2.40. The number of carbonyl (C=O) groups excluding carboxylic acids is 1. The number of ether oxygens (including phenoxy) is 1. The zero-order valence-corrected chi connectivity index (χ0v) is 12.8. The molecule has 5 heteroatoms. The number of hydrogen-bond acceptors (Lipinski definition) is 3. The SMILES string of the molecule is CC(C)OCCNC(=O)C(Cc1ccccc1)C(N)=S. The lowest BCUT2D eigenvalue weighted by molar-refractivity contribution is -0.123. The molecule has 1 atom stereocenters. The molecule has 3 N–H and O–H groups in total. The molecule has 110 valence electrons. The summed E-state index contributed by atoms with van der Waals surface area (Å²) >= 11 is 5.00. The lowest BCUT2D eigenvalue weighted by Gasteiger charge is -2.16. The molecule has 0 saturated carbocycles. The molecule has 0 aliphatic carbocycles. The number of rotatable bonds is 8. The van der Waals surface area contributed by atoms with Crippen LogP contribution < -0.4 is 11.1 Å². The van der Waals surface area contributed by atoms with Gasteiger partial charge in [-0.05, 0) is 25.8 Å². The van der Waals surface area contributed by atoms with Crippen molar-refractivity contribution in [3.63, 3.8) is 0 Å². The molecule has 1 aromatic rings. The Bertz CT molecular complexity index is 435. The molecule has 0 aromatic heterocycles. The van der Waals surface area contributed by atoms with E-state index in [1.54, 1.807) is 0 Å². The van der Waals surface area contributed by atoms with Crippen LogP contribution in [0, 0.1) is 5.92 Å². The molecule has 1 unspecified atom stereocenters. The summed E-state index contributed by atoms with van der Waals surface area (Å²) in [6.07, 6.45) is 0.676. The van der Waals surface area contributed by atoms with E-state index in [0.717, 1.165) is 5.56 Å². The Balaban J connectivity index is 2.49. The van der Waals surface area contributed by atoms with E-state index < -0.39 is 5.92 Å². The Hall–Kier alpha value is -1.46. The number of thiocarbonyl (C=S) groups is 1. The van der Waals surface area contributed by atoms with Crippen molar-refractivity contribution in [2.45, 2.75) is 26.4 Å². The fourth-order valence-electron chi connectivity index (χ4n) is 1.76. The van der Waals surface area contributed by atoms with E-state index >= 15 is 0 Å². The van der Waals surface area contributed by atoms with Gasteiger partial charge in [0, 0.05) is 6.54 Å². The summed E-state index contributed by atoms with van der Waals surface area (Å²) in [6.45, 7) is 4.85. The average molecular weight is 294 g/mol. The summed E-state index contributed by atoms with van der Waals surface area (Å²) in [5.41, 5.74) is 6.72. The maximum atomic E-state index is 12.1. The van der Waals surface area contributed by atoms with E-state index in [-0.39, 0.29) is 17.0 Å². The average Bonchev–Trinajstić information content (AvgIpc) is 2.41. The maximum Gasteiger partial charge on any atom is 0.230 e. The van der Waals surface area contributed by atoms with E-state index in [1.165, 1.54) is 0 Å². The van der Waals surface area contributed by atoms with Gasteiger partial charge in [-0.1, -0.05) is 42.5 Å². The predicted molar refractivity (Wildman–Crippen MR) is 84.5 cm³/mol. The van der Waals surface area contributed by atoms with Gasteiger partial charge in [-0.3, -0.25) is 4.79 Å². The minimum atomic E-state index is -0.480. The fraction of sp³-hybridized carbons (Fsp3) is 0.467. The van der Waals surface area contributed by atoms with Gasteiger partial charge in [0.2, 0.25) is 5.91 Å². The van der Waals surface area contributed by atoms with Crippen molar-refractivity contribution < 1.29 is 9.53 Å². The van der Waals surface area contributed by atoms with Crippen LogP contribution in [0.2, 0.25) is 0 Å². The third kappa shape index (κ3) is 6.12. The molecule has 0 aliphatic rings. The van der Waals surface area contributed by atoms with Gasteiger partial charge in [-0.25, -0.2) is 0 Å². The molecule has 1 rings (SSSR count). The van der Waals surface area contributed by atoms with Gasteiger partial charge in [-0.2, -0.15) is 0 Å². The largest absolute Gasteiger partial charge is 0.393 e. The van der Waals surface area contributed by atoms with Gasteiger partial charge in [0.25, 0.3) is 0 Å². The summed E-state index contributed by atoms with van der Waals surface area (Å²) in [7, 11) is 0. The topological polar surface area (TPSA) is 64.3 Å². The molecule has 0 radical (unpaired) electrons. The second-order valence-corrected chi connectivity index (χ2v) is 5.33. The van der Waals surface area contributed by atoms with Crippen molar-refractivity contribution in [3.8, 4) is 0 Å². The van der Waals surface area contributed by atoms with Crippen LogP contribution in [0.15, 0.2) is 30.3 Å². The third-order valence-electron chi connectivity index (χ3n) is 2.80. The molecular weight excluding hydrogens is 272 g/mol. The summed E-state index contributed by atoms with van der Waals surface area (Å²) in [6, 6.07) is 9.71. The van der Waals surface area contributed by atoms with Crippen LogP contribution in [-0.4, -0.2) is 30.2 Å². The van der Waals surface area contributed by atoms with E-state index in [1.807, 2.05) is 44.2 Å². The molecule has 4 nitrogen and oxygen atoms in total. The first-order valence-electron chi connectivity index (χ1n) is 6.73. The van der Waals surface area contributed by atoms with E-state index in [0.29, 0.717) is 19.6 Å². The summed E-state index contributed by atoms with van der Waals surface area (Å²) in [5, 5.41) is 2.81. The highest BCUT2D eigenvalue weighted by molar-refractivity contribution is 7.80. The number of nitrogens with one attached hydrogen (secondary N) is 1. The van der Waals surface area contributed by atoms with Gasteiger partial charge < -0.3 is 15.8 Å². The van der Waals surface area contributed by atoms with Gasteiger partial charge in [0.1, 0.15) is 0 Å². The van der Waals surface area contributed by atoms with Gasteiger partial charge >= 0.3 is 0 Å². The second kappa shape index (κ2) is 8.66. The molecule has 1 aromatic carbocycles. The van der Waals surface area contributed by atoms with Crippen LogP contribution in [0.3, 0.4) is 0 Å².